The molecule has 0 aliphatic heterocycles. The van der Waals surface area contributed by atoms with Crippen molar-refractivity contribution in [2.75, 3.05) is 6.61 Å². The number of ketones is 1. The molecule has 1 aromatic rings. The molecule has 0 atom stereocenters. The van der Waals surface area contributed by atoms with E-state index in [2.05, 4.69) is 0 Å². The zero-order valence-corrected chi connectivity index (χ0v) is 11.7. The number of esters is 1. The molecule has 1 rings (SSSR count). The topological polar surface area (TPSA) is 43.4 Å². The standard InChI is InChI=1S/C16H22O3/c1-3-8-14(9-4-2)16(18)19-12-15(17)13-10-6-5-7-11-13/h5-7,10-11,14H,3-4,8-9,12H2,1-2H3. The second kappa shape index (κ2) is 8.46. The monoisotopic (exact) mass is 262 g/mol. The van der Waals surface area contributed by atoms with Gasteiger partial charge in [0.2, 0.25) is 0 Å². The summed E-state index contributed by atoms with van der Waals surface area (Å²) in [6.45, 7) is 3.93. The Hall–Kier alpha value is -1.64. The predicted octanol–water partition coefficient (Wildman–Crippen LogP) is 3.63. The molecule has 3 nitrogen and oxygen atoms in total. The molecule has 0 amide bonds. The van der Waals surface area contributed by atoms with Crippen molar-refractivity contribution < 1.29 is 14.3 Å². The molecule has 0 radical (unpaired) electrons. The average molecular weight is 262 g/mol. The van der Waals surface area contributed by atoms with Crippen molar-refractivity contribution in [2.45, 2.75) is 39.5 Å². The van der Waals surface area contributed by atoms with E-state index in [1.165, 1.54) is 0 Å². The van der Waals surface area contributed by atoms with E-state index < -0.39 is 0 Å². The first-order valence-electron chi connectivity index (χ1n) is 6.93. The number of hydrogen-bond donors (Lipinski definition) is 0. The Kier molecular flexibility index (Phi) is 6.86. The van der Waals surface area contributed by atoms with Gasteiger partial charge in [-0.1, -0.05) is 57.0 Å². The summed E-state index contributed by atoms with van der Waals surface area (Å²) < 4.78 is 5.14. The lowest BCUT2D eigenvalue weighted by Gasteiger charge is -2.13. The summed E-state index contributed by atoms with van der Waals surface area (Å²) in [5.74, 6) is -0.466. The third kappa shape index (κ3) is 5.25. The molecule has 0 heterocycles. The zero-order valence-electron chi connectivity index (χ0n) is 11.7. The van der Waals surface area contributed by atoms with Crippen LogP contribution in [0.4, 0.5) is 0 Å². The Balaban J connectivity index is 2.46. The van der Waals surface area contributed by atoms with Gasteiger partial charge in [-0.15, -0.1) is 0 Å². The van der Waals surface area contributed by atoms with Crippen molar-refractivity contribution in [3.63, 3.8) is 0 Å². The molecule has 0 saturated heterocycles. The van der Waals surface area contributed by atoms with Gasteiger partial charge in [-0.05, 0) is 12.8 Å². The highest BCUT2D eigenvalue weighted by atomic mass is 16.5. The van der Waals surface area contributed by atoms with Crippen LogP contribution < -0.4 is 0 Å². The predicted molar refractivity (Wildman–Crippen MR) is 75.0 cm³/mol. The van der Waals surface area contributed by atoms with E-state index >= 15 is 0 Å². The lowest BCUT2D eigenvalue weighted by Crippen LogP contribution is -2.21. The van der Waals surface area contributed by atoms with Gasteiger partial charge in [-0.25, -0.2) is 0 Å². The first kappa shape index (κ1) is 15.4. The molecule has 1 aromatic carbocycles. The summed E-state index contributed by atoms with van der Waals surface area (Å²) in [6.07, 6.45) is 3.55. The molecule has 0 aliphatic rings. The van der Waals surface area contributed by atoms with E-state index in [1.54, 1.807) is 24.3 Å². The van der Waals surface area contributed by atoms with Gasteiger partial charge in [0.15, 0.2) is 12.4 Å². The molecule has 19 heavy (non-hydrogen) atoms. The Morgan fingerprint density at radius 3 is 2.16 bits per heavy atom. The summed E-state index contributed by atoms with van der Waals surface area (Å²) in [6, 6.07) is 8.90. The summed E-state index contributed by atoms with van der Waals surface area (Å²) in [5.41, 5.74) is 0.581. The van der Waals surface area contributed by atoms with Crippen LogP contribution in [0, 0.1) is 5.92 Å². The smallest absolute Gasteiger partial charge is 0.309 e. The van der Waals surface area contributed by atoms with Crippen molar-refractivity contribution in [3.8, 4) is 0 Å². The second-order valence-electron chi connectivity index (χ2n) is 4.67. The fraction of sp³-hybridized carbons (Fsp3) is 0.500. The van der Waals surface area contributed by atoms with Gasteiger partial charge in [-0.3, -0.25) is 9.59 Å². The minimum absolute atomic E-state index is 0.0708. The van der Waals surface area contributed by atoms with Crippen LogP contribution in [0.2, 0.25) is 0 Å². The molecular weight excluding hydrogens is 240 g/mol. The maximum atomic E-state index is 11.9. The lowest BCUT2D eigenvalue weighted by atomic mass is 9.99. The molecule has 3 heteroatoms. The maximum absolute atomic E-state index is 11.9. The summed E-state index contributed by atoms with van der Waals surface area (Å²) in [5, 5.41) is 0. The fourth-order valence-corrected chi connectivity index (χ4v) is 2.04. The van der Waals surface area contributed by atoms with Crippen LogP contribution in [0.25, 0.3) is 0 Å². The Morgan fingerprint density at radius 2 is 1.63 bits per heavy atom. The number of benzene rings is 1. The molecule has 0 fully saturated rings. The second-order valence-corrected chi connectivity index (χ2v) is 4.67. The van der Waals surface area contributed by atoms with E-state index in [9.17, 15) is 9.59 Å². The summed E-state index contributed by atoms with van der Waals surface area (Å²) in [4.78, 5) is 23.7. The summed E-state index contributed by atoms with van der Waals surface area (Å²) >= 11 is 0. The van der Waals surface area contributed by atoms with Gasteiger partial charge in [0, 0.05) is 5.56 Å². The van der Waals surface area contributed by atoms with Crippen LogP contribution in [0.3, 0.4) is 0 Å². The number of carbonyl (C=O) groups excluding carboxylic acids is 2. The van der Waals surface area contributed by atoms with Crippen LogP contribution in [-0.4, -0.2) is 18.4 Å². The molecule has 0 aromatic heterocycles. The van der Waals surface area contributed by atoms with Crippen LogP contribution >= 0.6 is 0 Å². The van der Waals surface area contributed by atoms with Crippen LogP contribution in [-0.2, 0) is 9.53 Å². The third-order valence-electron chi connectivity index (χ3n) is 3.05. The van der Waals surface area contributed by atoms with E-state index in [0.717, 1.165) is 25.7 Å². The van der Waals surface area contributed by atoms with Gasteiger partial charge in [0.05, 0.1) is 5.92 Å². The zero-order chi connectivity index (χ0) is 14.1. The molecule has 0 bridgehead atoms. The number of hydrogen-bond acceptors (Lipinski definition) is 3. The quantitative estimate of drug-likeness (QED) is 0.531. The third-order valence-corrected chi connectivity index (χ3v) is 3.05. The fourth-order valence-electron chi connectivity index (χ4n) is 2.04. The van der Waals surface area contributed by atoms with Gasteiger partial charge >= 0.3 is 5.97 Å². The summed E-state index contributed by atoms with van der Waals surface area (Å²) in [7, 11) is 0. The Labute approximate surface area is 115 Å². The Morgan fingerprint density at radius 1 is 1.05 bits per heavy atom. The highest BCUT2D eigenvalue weighted by Crippen LogP contribution is 2.15. The molecule has 0 saturated carbocycles. The van der Waals surface area contributed by atoms with Crippen LogP contribution in [0.5, 0.6) is 0 Å². The van der Waals surface area contributed by atoms with E-state index in [1.807, 2.05) is 19.9 Å². The minimum Gasteiger partial charge on any atom is -0.457 e. The number of ether oxygens (including phenoxy) is 1. The normalized spacial score (nSPS) is 10.5. The van der Waals surface area contributed by atoms with Crippen molar-refractivity contribution in [3.05, 3.63) is 35.9 Å². The first-order valence-corrected chi connectivity index (χ1v) is 6.93. The highest BCUT2D eigenvalue weighted by Gasteiger charge is 2.19. The molecule has 104 valence electrons. The van der Waals surface area contributed by atoms with E-state index in [0.29, 0.717) is 5.56 Å². The SMILES string of the molecule is CCCC(CCC)C(=O)OCC(=O)c1ccccc1. The molecule has 0 spiro atoms. The number of rotatable bonds is 8. The molecular formula is C16H22O3. The number of carbonyl (C=O) groups is 2. The largest absolute Gasteiger partial charge is 0.457 e. The average Bonchev–Trinajstić information content (AvgIpc) is 2.45. The van der Waals surface area contributed by atoms with Crippen LogP contribution in [0.1, 0.15) is 49.9 Å². The molecule has 0 unspecified atom stereocenters. The van der Waals surface area contributed by atoms with Gasteiger partial charge in [0.25, 0.3) is 0 Å². The van der Waals surface area contributed by atoms with Crippen molar-refractivity contribution >= 4 is 11.8 Å². The number of Topliss-reactive ketones (excluding diaryl/α,β-unsaturated/α-hetero) is 1. The van der Waals surface area contributed by atoms with Crippen molar-refractivity contribution in [2.24, 2.45) is 5.92 Å². The molecule has 0 N–H and O–H groups in total. The highest BCUT2D eigenvalue weighted by molar-refractivity contribution is 5.97. The maximum Gasteiger partial charge on any atom is 0.309 e. The van der Waals surface area contributed by atoms with Crippen molar-refractivity contribution in [1.29, 1.82) is 0 Å². The van der Waals surface area contributed by atoms with E-state index in [-0.39, 0.29) is 24.3 Å². The van der Waals surface area contributed by atoms with Gasteiger partial charge < -0.3 is 4.74 Å². The minimum atomic E-state index is -0.243. The van der Waals surface area contributed by atoms with Gasteiger partial charge in [0.1, 0.15) is 0 Å². The van der Waals surface area contributed by atoms with E-state index in [4.69, 9.17) is 4.74 Å². The van der Waals surface area contributed by atoms with Gasteiger partial charge in [-0.2, -0.15) is 0 Å². The lowest BCUT2D eigenvalue weighted by molar-refractivity contribution is -0.147. The van der Waals surface area contributed by atoms with Crippen LogP contribution in [0.15, 0.2) is 30.3 Å². The Bertz CT molecular complexity index is 392. The first-order chi connectivity index (χ1) is 9.19. The van der Waals surface area contributed by atoms with Crippen molar-refractivity contribution in [1.82, 2.24) is 0 Å². The molecule has 0 aliphatic carbocycles.